The molecule has 5 atom stereocenters. The highest BCUT2D eigenvalue weighted by molar-refractivity contribution is 7.47. The van der Waals surface area contributed by atoms with Crippen molar-refractivity contribution in [3.8, 4) is 0 Å². The maximum absolute atomic E-state index is 13.0. The van der Waals surface area contributed by atoms with Crippen molar-refractivity contribution in [1.29, 1.82) is 0 Å². The van der Waals surface area contributed by atoms with Crippen molar-refractivity contribution in [2.75, 3.05) is 39.6 Å². The van der Waals surface area contributed by atoms with Crippen LogP contribution in [0.1, 0.15) is 316 Å². The van der Waals surface area contributed by atoms with E-state index in [2.05, 4.69) is 154 Å². The molecular weight excluding hydrogens is 1310 g/mol. The second-order valence-electron chi connectivity index (χ2n) is 26.1. The number of allylic oxidation sites excluding steroid dienone is 22. The van der Waals surface area contributed by atoms with Crippen molar-refractivity contribution < 1.29 is 75.8 Å². The molecule has 0 aliphatic heterocycles. The van der Waals surface area contributed by atoms with Gasteiger partial charge in [0.25, 0.3) is 0 Å². The first kappa shape index (κ1) is 96.7. The molecule has 0 aromatic carbocycles. The van der Waals surface area contributed by atoms with Gasteiger partial charge in [0.05, 0.1) is 26.4 Å². The number of carbonyl (C=O) groups excluding carboxylic acids is 3. The van der Waals surface area contributed by atoms with E-state index in [9.17, 15) is 43.5 Å². The largest absolute Gasteiger partial charge is 0.472 e. The van der Waals surface area contributed by atoms with Gasteiger partial charge in [0.15, 0.2) is 6.10 Å². The van der Waals surface area contributed by atoms with Crippen LogP contribution in [0, 0.1) is 0 Å². The first-order valence-electron chi connectivity index (χ1n) is 39.5. The molecule has 0 bridgehead atoms. The Morgan fingerprint density at radius 3 is 0.881 bits per heavy atom. The van der Waals surface area contributed by atoms with Gasteiger partial charge in [-0.15, -0.1) is 0 Å². The predicted molar refractivity (Wildman–Crippen MR) is 417 cm³/mol. The minimum Gasteiger partial charge on any atom is -0.463 e. The van der Waals surface area contributed by atoms with E-state index in [1.54, 1.807) is 0 Å². The second-order valence-corrected chi connectivity index (χ2v) is 29.0. The molecule has 0 saturated heterocycles. The number of aliphatic hydroxyl groups excluding tert-OH is 2. The molecule has 0 saturated carbocycles. The second kappa shape index (κ2) is 75.4. The number of ether oxygens (including phenoxy) is 3. The van der Waals surface area contributed by atoms with Gasteiger partial charge >= 0.3 is 33.6 Å². The topological polar surface area (TPSA) is 231 Å². The summed E-state index contributed by atoms with van der Waals surface area (Å²) in [6.07, 6.45) is 90.8. The third-order valence-electron chi connectivity index (χ3n) is 16.3. The van der Waals surface area contributed by atoms with E-state index in [1.165, 1.54) is 122 Å². The molecular formula is C83H142O16P2. The number of rotatable bonds is 74. The summed E-state index contributed by atoms with van der Waals surface area (Å²) < 4.78 is 61.1. The van der Waals surface area contributed by atoms with E-state index in [4.69, 9.17) is 32.3 Å². The van der Waals surface area contributed by atoms with Gasteiger partial charge in [-0.3, -0.25) is 32.5 Å². The molecule has 0 heterocycles. The fourth-order valence-electron chi connectivity index (χ4n) is 10.3. The van der Waals surface area contributed by atoms with Crippen molar-refractivity contribution in [3.63, 3.8) is 0 Å². The first-order valence-corrected chi connectivity index (χ1v) is 42.5. The number of aliphatic hydroxyl groups is 2. The van der Waals surface area contributed by atoms with Gasteiger partial charge in [-0.1, -0.05) is 289 Å². The molecule has 5 unspecified atom stereocenters. The summed E-state index contributed by atoms with van der Waals surface area (Å²) in [7, 11) is -9.81. The Labute approximate surface area is 614 Å². The fraction of sp³-hybridized carbons (Fsp3) is 0.699. The third-order valence-corrected chi connectivity index (χ3v) is 18.2. The number of esters is 3. The quantitative estimate of drug-likeness (QED) is 0.0146. The zero-order chi connectivity index (χ0) is 73.7. The minimum atomic E-state index is -4.94. The zero-order valence-electron chi connectivity index (χ0n) is 63.3. The molecule has 0 radical (unpaired) electrons. The number of hydrogen-bond donors (Lipinski definition) is 4. The zero-order valence-corrected chi connectivity index (χ0v) is 65.1. The van der Waals surface area contributed by atoms with Crippen LogP contribution in [0.15, 0.2) is 134 Å². The maximum atomic E-state index is 13.0. The molecule has 18 heteroatoms. The van der Waals surface area contributed by atoms with Gasteiger partial charge in [-0.05, 0) is 141 Å². The summed E-state index contributed by atoms with van der Waals surface area (Å²) in [5, 5.41) is 20.6. The highest BCUT2D eigenvalue weighted by atomic mass is 31.2. The highest BCUT2D eigenvalue weighted by Gasteiger charge is 2.29. The van der Waals surface area contributed by atoms with Crippen LogP contribution in [-0.2, 0) is 55.8 Å². The van der Waals surface area contributed by atoms with Crippen molar-refractivity contribution in [2.45, 2.75) is 334 Å². The lowest BCUT2D eigenvalue weighted by atomic mass is 10.0. The van der Waals surface area contributed by atoms with Crippen LogP contribution in [-0.4, -0.2) is 95.9 Å². The van der Waals surface area contributed by atoms with Gasteiger partial charge in [0, 0.05) is 19.3 Å². The first-order chi connectivity index (χ1) is 49.2. The average molecular weight is 1460 g/mol. The lowest BCUT2D eigenvalue weighted by molar-refractivity contribution is -0.161. The van der Waals surface area contributed by atoms with Crippen LogP contribution in [0.5, 0.6) is 0 Å². The molecule has 16 nitrogen and oxygen atoms in total. The Kier molecular flexibility index (Phi) is 72.2. The Bertz CT molecular complexity index is 2370. The molecule has 0 fully saturated rings. The molecule has 0 aliphatic rings. The smallest absolute Gasteiger partial charge is 0.463 e. The molecule has 0 aromatic heterocycles. The Balaban J connectivity index is 4.57. The van der Waals surface area contributed by atoms with Crippen LogP contribution in [0.25, 0.3) is 0 Å². The van der Waals surface area contributed by atoms with Gasteiger partial charge in [0.1, 0.15) is 25.4 Å². The number of phosphoric ester groups is 2. The van der Waals surface area contributed by atoms with E-state index < -0.39 is 91.5 Å². The minimum absolute atomic E-state index is 0.0821. The van der Waals surface area contributed by atoms with Crippen molar-refractivity contribution in [1.82, 2.24) is 0 Å². The summed E-state index contributed by atoms with van der Waals surface area (Å²) >= 11 is 0. The number of phosphoric acid groups is 2. The predicted octanol–water partition coefficient (Wildman–Crippen LogP) is 23.1. The van der Waals surface area contributed by atoms with E-state index in [0.717, 1.165) is 135 Å². The summed E-state index contributed by atoms with van der Waals surface area (Å²) in [5.41, 5.74) is 0. The average Bonchev–Trinajstić information content (AvgIpc) is 1.09. The molecule has 0 aromatic rings. The molecule has 101 heavy (non-hydrogen) atoms. The molecule has 0 spiro atoms. The summed E-state index contributed by atoms with van der Waals surface area (Å²) in [5.74, 6) is -1.64. The summed E-state index contributed by atoms with van der Waals surface area (Å²) in [6, 6.07) is 0. The number of hydrogen-bond acceptors (Lipinski definition) is 14. The Morgan fingerprint density at radius 1 is 0.287 bits per heavy atom. The van der Waals surface area contributed by atoms with Gasteiger partial charge < -0.3 is 34.2 Å². The van der Waals surface area contributed by atoms with E-state index >= 15 is 0 Å². The van der Waals surface area contributed by atoms with Crippen molar-refractivity contribution >= 4 is 33.6 Å². The lowest BCUT2D eigenvalue weighted by Gasteiger charge is -2.21. The molecule has 580 valence electrons. The molecule has 0 aliphatic carbocycles. The standard InChI is InChI=1S/C83H142O16P2/c1-4-7-10-13-16-19-22-25-28-30-32-34-35-36-37-38-39-40-41-43-45-46-49-51-54-57-60-63-66-69-81(86)93-72-78(84)73-95-100(89,90)96-74-79(85)75-97-101(91,92)98-77-80(99-83(88)71-68-65-62-59-56-53-48-27-24-21-18-15-12-9-6-3)76-94-82(87)70-67-64-61-58-55-52-50-47-44-42-33-31-29-26-23-20-17-14-11-8-5-2/h8,11,16-17,19-20,25-29,32-34,36-37,42,47-48,50,55,58,78-80,84-85H,4-7,9-10,12-15,18,21-24,30-31,35,38-41,43-46,49,51-54,56-57,59-77H2,1-3H3,(H,89,90)(H,91,92)/b11-8-,19-16-,20-17-,28-25-,29-26-,34-32-,37-36-,42-33-,48-27-,50-47-,58-55-. The maximum Gasteiger partial charge on any atom is 0.472 e. The van der Waals surface area contributed by atoms with Crippen LogP contribution in [0.4, 0.5) is 0 Å². The van der Waals surface area contributed by atoms with Crippen LogP contribution >= 0.6 is 15.6 Å². The Morgan fingerprint density at radius 2 is 0.525 bits per heavy atom. The van der Waals surface area contributed by atoms with Crippen LogP contribution < -0.4 is 0 Å². The van der Waals surface area contributed by atoms with Crippen LogP contribution in [0.2, 0.25) is 0 Å². The van der Waals surface area contributed by atoms with Gasteiger partial charge in [-0.25, -0.2) is 9.13 Å². The number of carbonyl (C=O) groups is 3. The van der Waals surface area contributed by atoms with E-state index in [0.29, 0.717) is 19.3 Å². The van der Waals surface area contributed by atoms with E-state index in [1.807, 2.05) is 0 Å². The normalized spacial score (nSPS) is 14.7. The fourth-order valence-corrected chi connectivity index (χ4v) is 11.9. The molecule has 0 amide bonds. The Hall–Kier alpha value is -4.31. The monoisotopic (exact) mass is 1460 g/mol. The third kappa shape index (κ3) is 76.6. The van der Waals surface area contributed by atoms with Gasteiger partial charge in [0.2, 0.25) is 0 Å². The lowest BCUT2D eigenvalue weighted by Crippen LogP contribution is -2.30. The van der Waals surface area contributed by atoms with Crippen molar-refractivity contribution in [2.24, 2.45) is 0 Å². The van der Waals surface area contributed by atoms with E-state index in [-0.39, 0.29) is 19.3 Å². The molecule has 0 rings (SSSR count). The van der Waals surface area contributed by atoms with Gasteiger partial charge in [-0.2, -0.15) is 0 Å². The summed E-state index contributed by atoms with van der Waals surface area (Å²) in [6.45, 7) is 2.48. The number of unbranched alkanes of at least 4 members (excludes halogenated alkanes) is 29. The highest BCUT2D eigenvalue weighted by Crippen LogP contribution is 2.45. The van der Waals surface area contributed by atoms with Crippen LogP contribution in [0.3, 0.4) is 0 Å². The SMILES string of the molecule is CC/C=C\C/C=C\C/C=C\C/C=C\C/C=C\C/C=C\CCCCC(=O)OCC(COP(=O)(O)OCC(O)COP(=O)(O)OCC(O)COC(=O)CCCCCCCCCCCCCCC/C=C\C/C=C\C/C=C\C/C=C\CCCCC)OC(=O)CCCCCCC/C=C\CCCCCCCC. The van der Waals surface area contributed by atoms with Crippen molar-refractivity contribution in [3.05, 3.63) is 134 Å². The summed E-state index contributed by atoms with van der Waals surface area (Å²) in [4.78, 5) is 58.6. The molecule has 4 N–H and O–H groups in total.